The second kappa shape index (κ2) is 4.13. The number of aliphatic hydroxyl groups is 1. The Hall–Kier alpha value is -0.790. The number of aliphatic hydroxyl groups excluding tert-OH is 1. The van der Waals surface area contributed by atoms with Gasteiger partial charge < -0.3 is 5.11 Å². The molecule has 0 spiro atoms. The molecule has 0 aliphatic rings. The van der Waals surface area contributed by atoms with Gasteiger partial charge in [-0.15, -0.1) is 0 Å². The van der Waals surface area contributed by atoms with E-state index in [-0.39, 0.29) is 5.78 Å². The molecule has 0 amide bonds. The van der Waals surface area contributed by atoms with Crippen LogP contribution in [0.4, 0.5) is 0 Å². The minimum Gasteiger partial charge on any atom is -0.515 e. The van der Waals surface area contributed by atoms with Crippen LogP contribution in [0, 0.1) is 5.92 Å². The summed E-state index contributed by atoms with van der Waals surface area (Å²) in [7, 11) is 0. The van der Waals surface area contributed by atoms with Crippen LogP contribution in [0.5, 0.6) is 0 Å². The van der Waals surface area contributed by atoms with Gasteiger partial charge in [0.05, 0.1) is 6.26 Å². The van der Waals surface area contributed by atoms with E-state index in [1.54, 1.807) is 0 Å². The van der Waals surface area contributed by atoms with Crippen LogP contribution in [0.2, 0.25) is 0 Å². The van der Waals surface area contributed by atoms with Crippen molar-refractivity contribution in [1.82, 2.24) is 0 Å². The van der Waals surface area contributed by atoms with Gasteiger partial charge >= 0.3 is 0 Å². The van der Waals surface area contributed by atoms with Crippen molar-refractivity contribution in [1.29, 1.82) is 0 Å². The summed E-state index contributed by atoms with van der Waals surface area (Å²) in [5.41, 5.74) is 0. The maximum Gasteiger partial charge on any atom is 0.158 e. The van der Waals surface area contributed by atoms with E-state index in [1.807, 2.05) is 13.8 Å². The molecule has 0 saturated heterocycles. The Morgan fingerprint density at radius 2 is 2.22 bits per heavy atom. The van der Waals surface area contributed by atoms with Crippen LogP contribution in [0.3, 0.4) is 0 Å². The van der Waals surface area contributed by atoms with E-state index in [9.17, 15) is 4.79 Å². The molecular weight excluding hydrogens is 116 g/mol. The molecule has 0 aromatic heterocycles. The Balaban J connectivity index is 3.51. The number of hydrogen-bond donors (Lipinski definition) is 1. The lowest BCUT2D eigenvalue weighted by Crippen LogP contribution is -1.97. The zero-order valence-electron chi connectivity index (χ0n) is 5.79. The van der Waals surface area contributed by atoms with Crippen molar-refractivity contribution >= 4 is 5.78 Å². The Morgan fingerprint density at radius 1 is 1.67 bits per heavy atom. The maximum atomic E-state index is 10.6. The van der Waals surface area contributed by atoms with Crippen LogP contribution in [0.1, 0.15) is 20.3 Å². The molecule has 52 valence electrons. The molecule has 9 heavy (non-hydrogen) atoms. The first-order valence-corrected chi connectivity index (χ1v) is 3.00. The summed E-state index contributed by atoms with van der Waals surface area (Å²) in [6.45, 7) is 3.92. The Labute approximate surface area is 55.2 Å². The number of hydrogen-bond acceptors (Lipinski definition) is 2. The predicted octanol–water partition coefficient (Wildman–Crippen LogP) is 1.67. The van der Waals surface area contributed by atoms with Gasteiger partial charge in [0.1, 0.15) is 0 Å². The first kappa shape index (κ1) is 8.21. The number of carbonyl (C=O) groups excluding carboxylic acids is 1. The smallest absolute Gasteiger partial charge is 0.158 e. The summed E-state index contributed by atoms with van der Waals surface area (Å²) in [5.74, 6) is 0.348. The summed E-state index contributed by atoms with van der Waals surface area (Å²) in [5, 5.41) is 8.15. The molecule has 0 atom stereocenters. The molecule has 0 aromatic rings. The minimum atomic E-state index is -0.0208. The fraction of sp³-hybridized carbons (Fsp3) is 0.571. The van der Waals surface area contributed by atoms with Crippen molar-refractivity contribution in [2.24, 2.45) is 5.92 Å². The normalized spacial score (nSPS) is 11.0. The van der Waals surface area contributed by atoms with Crippen molar-refractivity contribution in [3.8, 4) is 0 Å². The van der Waals surface area contributed by atoms with Gasteiger partial charge in [0, 0.05) is 12.5 Å². The van der Waals surface area contributed by atoms with Crippen LogP contribution >= 0.6 is 0 Å². The molecule has 0 radical (unpaired) electrons. The van der Waals surface area contributed by atoms with E-state index in [1.165, 1.54) is 6.08 Å². The standard InChI is InChI=1S/C7H12O2/c1-6(2)5-7(9)3-4-8/h3-4,6,8H,5H2,1-2H3. The van der Waals surface area contributed by atoms with Crippen LogP contribution in [0.25, 0.3) is 0 Å². The number of rotatable bonds is 3. The van der Waals surface area contributed by atoms with Gasteiger partial charge in [0.2, 0.25) is 0 Å². The molecule has 0 fully saturated rings. The fourth-order valence-corrected chi connectivity index (χ4v) is 0.554. The highest BCUT2D eigenvalue weighted by molar-refractivity contribution is 5.89. The lowest BCUT2D eigenvalue weighted by atomic mass is 10.1. The maximum absolute atomic E-state index is 10.6. The number of allylic oxidation sites excluding steroid dienone is 1. The van der Waals surface area contributed by atoms with Crippen molar-refractivity contribution in [2.45, 2.75) is 20.3 Å². The number of ketones is 1. The average molecular weight is 128 g/mol. The van der Waals surface area contributed by atoms with E-state index in [0.717, 1.165) is 6.26 Å². The average Bonchev–Trinajstić information content (AvgIpc) is 1.63. The molecule has 2 nitrogen and oxygen atoms in total. The SMILES string of the molecule is CC(C)CC(=O)C=CO. The third-order valence-electron chi connectivity index (χ3n) is 0.870. The summed E-state index contributed by atoms with van der Waals surface area (Å²) in [4.78, 5) is 10.6. The quantitative estimate of drug-likeness (QED) is 0.463. The van der Waals surface area contributed by atoms with E-state index in [2.05, 4.69) is 0 Å². The lowest BCUT2D eigenvalue weighted by Gasteiger charge is -1.96. The molecule has 0 bridgehead atoms. The van der Waals surface area contributed by atoms with Gasteiger partial charge in [-0.2, -0.15) is 0 Å². The third kappa shape index (κ3) is 5.07. The van der Waals surface area contributed by atoms with Gasteiger partial charge in [0.25, 0.3) is 0 Å². The zero-order chi connectivity index (χ0) is 7.28. The molecule has 0 heterocycles. The Morgan fingerprint density at radius 3 is 2.56 bits per heavy atom. The number of carbonyl (C=O) groups is 1. The highest BCUT2D eigenvalue weighted by atomic mass is 16.2. The lowest BCUT2D eigenvalue weighted by molar-refractivity contribution is -0.115. The first-order valence-electron chi connectivity index (χ1n) is 3.00. The largest absolute Gasteiger partial charge is 0.515 e. The molecule has 1 N–H and O–H groups in total. The molecule has 0 saturated carbocycles. The van der Waals surface area contributed by atoms with Crippen molar-refractivity contribution in [3.05, 3.63) is 12.3 Å². The van der Waals surface area contributed by atoms with Crippen molar-refractivity contribution < 1.29 is 9.90 Å². The summed E-state index contributed by atoms with van der Waals surface area (Å²) < 4.78 is 0. The second-order valence-corrected chi connectivity index (χ2v) is 2.38. The fourth-order valence-electron chi connectivity index (χ4n) is 0.554. The van der Waals surface area contributed by atoms with Gasteiger partial charge in [-0.05, 0) is 5.92 Å². The highest BCUT2D eigenvalue weighted by Gasteiger charge is 1.99. The summed E-state index contributed by atoms with van der Waals surface area (Å²) in [6.07, 6.45) is 2.47. The monoisotopic (exact) mass is 128 g/mol. The van der Waals surface area contributed by atoms with Gasteiger partial charge in [-0.3, -0.25) is 4.79 Å². The summed E-state index contributed by atoms with van der Waals surface area (Å²) >= 11 is 0. The van der Waals surface area contributed by atoms with Crippen LogP contribution in [-0.4, -0.2) is 10.9 Å². The van der Waals surface area contributed by atoms with Crippen LogP contribution in [-0.2, 0) is 4.79 Å². The predicted molar refractivity (Wildman–Crippen MR) is 36.2 cm³/mol. The van der Waals surface area contributed by atoms with Gasteiger partial charge in [0.15, 0.2) is 5.78 Å². The van der Waals surface area contributed by atoms with Gasteiger partial charge in [-0.25, -0.2) is 0 Å². The second-order valence-electron chi connectivity index (χ2n) is 2.38. The molecule has 0 aromatic carbocycles. The highest BCUT2D eigenvalue weighted by Crippen LogP contribution is 1.99. The van der Waals surface area contributed by atoms with E-state index < -0.39 is 0 Å². The van der Waals surface area contributed by atoms with Crippen molar-refractivity contribution in [2.75, 3.05) is 0 Å². The first-order chi connectivity index (χ1) is 4.16. The van der Waals surface area contributed by atoms with E-state index in [4.69, 9.17) is 5.11 Å². The van der Waals surface area contributed by atoms with Crippen molar-refractivity contribution in [3.63, 3.8) is 0 Å². The minimum absolute atomic E-state index is 0.0208. The molecular formula is C7H12O2. The third-order valence-corrected chi connectivity index (χ3v) is 0.870. The summed E-state index contributed by atoms with van der Waals surface area (Å²) in [6, 6.07) is 0. The molecule has 0 rings (SSSR count). The molecule has 0 aliphatic heterocycles. The van der Waals surface area contributed by atoms with E-state index in [0.29, 0.717) is 12.3 Å². The van der Waals surface area contributed by atoms with E-state index >= 15 is 0 Å². The molecule has 0 unspecified atom stereocenters. The van der Waals surface area contributed by atoms with Crippen LogP contribution in [0.15, 0.2) is 12.3 Å². The topological polar surface area (TPSA) is 37.3 Å². The molecule has 0 aliphatic carbocycles. The Bertz CT molecular complexity index is 114. The molecule has 2 heteroatoms. The Kier molecular flexibility index (Phi) is 3.76. The van der Waals surface area contributed by atoms with Crippen LogP contribution < -0.4 is 0 Å². The van der Waals surface area contributed by atoms with Gasteiger partial charge in [-0.1, -0.05) is 13.8 Å². The zero-order valence-corrected chi connectivity index (χ0v) is 5.79.